The largest absolute Gasteiger partial charge is 0.481 e. The van der Waals surface area contributed by atoms with E-state index in [4.69, 9.17) is 5.11 Å². The van der Waals surface area contributed by atoms with Crippen LogP contribution >= 0.6 is 0 Å². The fourth-order valence-electron chi connectivity index (χ4n) is 1.57. The zero-order valence-electron chi connectivity index (χ0n) is 10.9. The second-order valence-corrected chi connectivity index (χ2v) is 4.22. The number of hydrogen-bond donors (Lipinski definition) is 2. The molecule has 0 aromatic heterocycles. The molecule has 0 aliphatic heterocycles. The van der Waals surface area contributed by atoms with Gasteiger partial charge in [-0.25, -0.2) is 0 Å². The number of amides is 1. The number of carboxylic acids is 1. The van der Waals surface area contributed by atoms with E-state index >= 15 is 0 Å². The lowest BCUT2D eigenvalue weighted by Crippen LogP contribution is -2.29. The van der Waals surface area contributed by atoms with Gasteiger partial charge in [0, 0.05) is 6.54 Å². The number of aliphatic carboxylic acids is 1. The van der Waals surface area contributed by atoms with Gasteiger partial charge in [0.2, 0.25) is 5.91 Å². The van der Waals surface area contributed by atoms with E-state index in [2.05, 4.69) is 10.1 Å². The summed E-state index contributed by atoms with van der Waals surface area (Å²) in [5, 5.41) is 11.1. The second kappa shape index (κ2) is 7.63. The molecule has 1 rings (SSSR count). The topological polar surface area (TPSA) is 75.6 Å². The number of hydrogen-bond acceptors (Lipinski definition) is 3. The van der Waals surface area contributed by atoms with E-state index in [0.29, 0.717) is 11.1 Å². The molecule has 0 saturated heterocycles. The lowest BCUT2D eigenvalue weighted by molar-refractivity contribution is -0.175. The van der Waals surface area contributed by atoms with Crippen LogP contribution in [0.3, 0.4) is 0 Å². The number of ether oxygens (including phenoxy) is 1. The van der Waals surface area contributed by atoms with Crippen LogP contribution in [0.15, 0.2) is 24.3 Å². The Morgan fingerprint density at radius 1 is 1.19 bits per heavy atom. The summed E-state index contributed by atoms with van der Waals surface area (Å²) >= 11 is 0. The van der Waals surface area contributed by atoms with E-state index in [1.807, 2.05) is 0 Å². The van der Waals surface area contributed by atoms with E-state index in [1.54, 1.807) is 24.3 Å². The minimum absolute atomic E-state index is 0.0255. The maximum Gasteiger partial charge on any atom is 0.411 e. The zero-order chi connectivity index (χ0) is 15.9. The molecule has 21 heavy (non-hydrogen) atoms. The predicted molar refractivity (Wildman–Crippen MR) is 66.5 cm³/mol. The van der Waals surface area contributed by atoms with Gasteiger partial charge in [-0.1, -0.05) is 24.3 Å². The number of halogens is 3. The number of rotatable bonds is 7. The van der Waals surface area contributed by atoms with Gasteiger partial charge in [-0.3, -0.25) is 9.59 Å². The van der Waals surface area contributed by atoms with Gasteiger partial charge < -0.3 is 15.2 Å². The summed E-state index contributed by atoms with van der Waals surface area (Å²) < 4.78 is 39.7. The number of benzene rings is 1. The molecule has 0 radical (unpaired) electrons. The van der Waals surface area contributed by atoms with Gasteiger partial charge in [0.25, 0.3) is 0 Å². The summed E-state index contributed by atoms with van der Waals surface area (Å²) in [6.07, 6.45) is -4.68. The molecule has 116 valence electrons. The fourth-order valence-corrected chi connectivity index (χ4v) is 1.57. The molecule has 0 fully saturated rings. The van der Waals surface area contributed by atoms with Gasteiger partial charge in [-0.15, -0.1) is 0 Å². The average Bonchev–Trinajstić information content (AvgIpc) is 2.35. The smallest absolute Gasteiger partial charge is 0.411 e. The molecule has 1 amide bonds. The number of carboxylic acid groups (broad SMARTS) is 1. The maximum atomic E-state index is 11.8. The van der Waals surface area contributed by atoms with Crippen LogP contribution < -0.4 is 5.32 Å². The summed E-state index contributed by atoms with van der Waals surface area (Å²) in [6.45, 7) is -2.17. The van der Waals surface area contributed by atoms with Crippen LogP contribution in [0.4, 0.5) is 13.2 Å². The van der Waals surface area contributed by atoms with Crippen LogP contribution in [0.5, 0.6) is 0 Å². The van der Waals surface area contributed by atoms with Crippen LogP contribution in [0, 0.1) is 0 Å². The Hall–Kier alpha value is -2.09. The predicted octanol–water partition coefficient (Wildman–Crippen LogP) is 1.51. The molecule has 2 N–H and O–H groups in total. The van der Waals surface area contributed by atoms with Gasteiger partial charge in [-0.2, -0.15) is 13.2 Å². The molecule has 1 aromatic carbocycles. The van der Waals surface area contributed by atoms with Crippen molar-refractivity contribution in [3.8, 4) is 0 Å². The molecule has 1 aromatic rings. The van der Waals surface area contributed by atoms with Crippen molar-refractivity contribution >= 4 is 11.9 Å². The van der Waals surface area contributed by atoms with E-state index in [0.717, 1.165) is 0 Å². The van der Waals surface area contributed by atoms with Crippen molar-refractivity contribution < 1.29 is 32.6 Å². The Balaban J connectivity index is 2.44. The van der Waals surface area contributed by atoms with Gasteiger partial charge in [-0.05, 0) is 11.1 Å². The van der Waals surface area contributed by atoms with Crippen molar-refractivity contribution in [1.29, 1.82) is 0 Å². The summed E-state index contributed by atoms with van der Waals surface area (Å²) in [6, 6.07) is 6.58. The summed E-state index contributed by atoms with van der Waals surface area (Å²) in [4.78, 5) is 22.0. The Kier molecular flexibility index (Phi) is 6.16. The highest BCUT2D eigenvalue weighted by Crippen LogP contribution is 2.14. The van der Waals surface area contributed by atoms with E-state index < -0.39 is 31.3 Å². The molecular formula is C13H14F3NO4. The summed E-state index contributed by atoms with van der Waals surface area (Å²) in [5.41, 5.74) is 1.12. The summed E-state index contributed by atoms with van der Waals surface area (Å²) in [7, 11) is 0. The molecule has 8 heteroatoms. The quantitative estimate of drug-likeness (QED) is 0.800. The van der Waals surface area contributed by atoms with Crippen molar-refractivity contribution in [2.75, 3.05) is 13.2 Å². The average molecular weight is 305 g/mol. The van der Waals surface area contributed by atoms with E-state index in [9.17, 15) is 22.8 Å². The monoisotopic (exact) mass is 305 g/mol. The van der Waals surface area contributed by atoms with Crippen LogP contribution in [0.2, 0.25) is 0 Å². The fraction of sp³-hybridized carbons (Fsp3) is 0.385. The molecular weight excluding hydrogens is 291 g/mol. The maximum absolute atomic E-state index is 11.8. The zero-order valence-corrected chi connectivity index (χ0v) is 10.9. The molecule has 0 unspecified atom stereocenters. The van der Waals surface area contributed by atoms with Crippen LogP contribution in [0.25, 0.3) is 0 Å². The Morgan fingerprint density at radius 3 is 2.38 bits per heavy atom. The Morgan fingerprint density at radius 2 is 1.81 bits per heavy atom. The molecule has 0 spiro atoms. The highest BCUT2D eigenvalue weighted by Gasteiger charge is 2.27. The molecule has 0 aliphatic carbocycles. The van der Waals surface area contributed by atoms with Crippen molar-refractivity contribution in [1.82, 2.24) is 5.32 Å². The third kappa shape index (κ3) is 7.31. The Labute approximate surface area is 118 Å². The van der Waals surface area contributed by atoms with Gasteiger partial charge >= 0.3 is 12.1 Å². The van der Waals surface area contributed by atoms with Crippen molar-refractivity contribution in [2.24, 2.45) is 0 Å². The third-order valence-electron chi connectivity index (χ3n) is 2.43. The van der Waals surface area contributed by atoms with Crippen molar-refractivity contribution in [3.63, 3.8) is 0 Å². The minimum atomic E-state index is -4.48. The summed E-state index contributed by atoms with van der Waals surface area (Å²) in [5.74, 6) is -1.72. The van der Waals surface area contributed by atoms with Gasteiger partial charge in [0.1, 0.15) is 13.2 Å². The number of alkyl halides is 3. The lowest BCUT2D eigenvalue weighted by Gasteiger charge is -2.10. The van der Waals surface area contributed by atoms with Crippen LogP contribution in [0.1, 0.15) is 11.1 Å². The first-order valence-corrected chi connectivity index (χ1v) is 5.97. The third-order valence-corrected chi connectivity index (χ3v) is 2.43. The SMILES string of the molecule is O=C(O)Cc1ccccc1CNC(=O)COCC(F)(F)F. The van der Waals surface area contributed by atoms with E-state index in [1.165, 1.54) is 0 Å². The molecule has 5 nitrogen and oxygen atoms in total. The molecule has 0 atom stereocenters. The minimum Gasteiger partial charge on any atom is -0.481 e. The second-order valence-electron chi connectivity index (χ2n) is 4.22. The number of carbonyl (C=O) groups excluding carboxylic acids is 1. The van der Waals surface area contributed by atoms with Crippen LogP contribution in [-0.2, 0) is 27.3 Å². The number of nitrogens with one attached hydrogen (secondary N) is 1. The molecule has 0 bridgehead atoms. The highest BCUT2D eigenvalue weighted by atomic mass is 19.4. The number of carbonyl (C=O) groups is 2. The lowest BCUT2D eigenvalue weighted by atomic mass is 10.0. The standard InChI is InChI=1S/C13H14F3NO4/c14-13(15,16)8-21-7-11(18)17-6-10-4-2-1-3-9(10)5-12(19)20/h1-4H,5-8H2,(H,17,18)(H,19,20). The highest BCUT2D eigenvalue weighted by molar-refractivity contribution is 5.77. The molecule has 0 saturated carbocycles. The van der Waals surface area contributed by atoms with Gasteiger partial charge in [0.15, 0.2) is 0 Å². The molecule has 0 heterocycles. The van der Waals surface area contributed by atoms with Gasteiger partial charge in [0.05, 0.1) is 6.42 Å². The van der Waals surface area contributed by atoms with Crippen molar-refractivity contribution in [2.45, 2.75) is 19.1 Å². The van der Waals surface area contributed by atoms with Crippen molar-refractivity contribution in [3.05, 3.63) is 35.4 Å². The molecule has 0 aliphatic rings. The first kappa shape index (κ1) is 17.0. The first-order chi connectivity index (χ1) is 9.78. The van der Waals surface area contributed by atoms with Crippen LogP contribution in [-0.4, -0.2) is 36.4 Å². The first-order valence-electron chi connectivity index (χ1n) is 5.97. The Bertz CT molecular complexity index is 502. The normalized spacial score (nSPS) is 11.2. The van der Waals surface area contributed by atoms with E-state index in [-0.39, 0.29) is 13.0 Å².